The molecule has 0 aromatic heterocycles. The number of hydrogen-bond donors (Lipinski definition) is 1. The molecular weight excluding hydrogens is 484 g/mol. The maximum Gasteiger partial charge on any atom is 0.306 e. The standard InChI is InChI=1S/C35H66O4/c1-3-5-7-9-11-13-15-17-19-24-28-32-35(38)39-33(30-26-22-20-23-27-31-34(36)37)29-25-21-18-16-14-12-10-8-6-4-2/h9,11,33H,3-8,10,12-32H2,1-2H3,(H,36,37)/b11-9-. The van der Waals surface area contributed by atoms with Crippen LogP contribution in [0.3, 0.4) is 0 Å². The second-order valence-electron chi connectivity index (χ2n) is 11.7. The minimum Gasteiger partial charge on any atom is -0.481 e. The summed E-state index contributed by atoms with van der Waals surface area (Å²) < 4.78 is 5.96. The number of rotatable bonds is 31. The van der Waals surface area contributed by atoms with Crippen LogP contribution in [-0.4, -0.2) is 23.1 Å². The molecule has 0 saturated heterocycles. The molecule has 1 N–H and O–H groups in total. The van der Waals surface area contributed by atoms with E-state index < -0.39 is 5.97 Å². The van der Waals surface area contributed by atoms with Crippen LogP contribution < -0.4 is 0 Å². The smallest absolute Gasteiger partial charge is 0.306 e. The van der Waals surface area contributed by atoms with Gasteiger partial charge in [-0.3, -0.25) is 9.59 Å². The molecule has 1 unspecified atom stereocenters. The number of ether oxygens (including phenoxy) is 1. The Morgan fingerprint density at radius 1 is 0.538 bits per heavy atom. The van der Waals surface area contributed by atoms with E-state index in [0.717, 1.165) is 64.2 Å². The van der Waals surface area contributed by atoms with E-state index in [0.29, 0.717) is 6.42 Å². The molecule has 0 aromatic carbocycles. The van der Waals surface area contributed by atoms with Gasteiger partial charge in [0.05, 0.1) is 0 Å². The molecular formula is C35H66O4. The second-order valence-corrected chi connectivity index (χ2v) is 11.7. The monoisotopic (exact) mass is 550 g/mol. The zero-order chi connectivity index (χ0) is 28.7. The van der Waals surface area contributed by atoms with Gasteiger partial charge in [0.25, 0.3) is 0 Å². The van der Waals surface area contributed by atoms with Gasteiger partial charge in [-0.25, -0.2) is 0 Å². The topological polar surface area (TPSA) is 63.6 Å². The Kier molecular flexibility index (Phi) is 30.2. The molecule has 4 nitrogen and oxygen atoms in total. The summed E-state index contributed by atoms with van der Waals surface area (Å²) in [5.74, 6) is -0.708. The third kappa shape index (κ3) is 31.1. The van der Waals surface area contributed by atoms with Crippen LogP contribution >= 0.6 is 0 Å². The number of carboxylic acid groups (broad SMARTS) is 1. The van der Waals surface area contributed by atoms with Crippen LogP contribution in [0.15, 0.2) is 12.2 Å². The van der Waals surface area contributed by atoms with Crippen molar-refractivity contribution in [2.45, 2.75) is 200 Å². The molecule has 0 aromatic rings. The molecule has 0 aliphatic carbocycles. The SMILES string of the molecule is CCCC/C=C\CCCCCCCC(=O)OC(CCCCCCCCCCCC)CCCCCCCC(=O)O. The predicted molar refractivity (Wildman–Crippen MR) is 167 cm³/mol. The lowest BCUT2D eigenvalue weighted by atomic mass is 10.0. The van der Waals surface area contributed by atoms with E-state index in [-0.39, 0.29) is 18.5 Å². The fourth-order valence-corrected chi connectivity index (χ4v) is 5.16. The van der Waals surface area contributed by atoms with Gasteiger partial charge in [0.2, 0.25) is 0 Å². The Morgan fingerprint density at radius 3 is 1.46 bits per heavy atom. The molecule has 0 amide bonds. The summed E-state index contributed by atoms with van der Waals surface area (Å²) in [6.07, 6.45) is 36.4. The molecule has 0 fully saturated rings. The van der Waals surface area contributed by atoms with Gasteiger partial charge < -0.3 is 9.84 Å². The summed E-state index contributed by atoms with van der Waals surface area (Å²) in [6.45, 7) is 4.50. The molecule has 0 aliphatic rings. The molecule has 0 rings (SSSR count). The first-order valence-electron chi connectivity index (χ1n) is 17.2. The van der Waals surface area contributed by atoms with Crippen molar-refractivity contribution in [3.05, 3.63) is 12.2 Å². The Bertz CT molecular complexity index is 557. The second kappa shape index (κ2) is 31.2. The number of allylic oxidation sites excluding steroid dienone is 2. The van der Waals surface area contributed by atoms with E-state index in [2.05, 4.69) is 26.0 Å². The number of carboxylic acids is 1. The van der Waals surface area contributed by atoms with Crippen molar-refractivity contribution in [3.8, 4) is 0 Å². The zero-order valence-electron chi connectivity index (χ0n) is 26.2. The zero-order valence-corrected chi connectivity index (χ0v) is 26.2. The Hall–Kier alpha value is -1.32. The average molecular weight is 551 g/mol. The highest BCUT2D eigenvalue weighted by atomic mass is 16.5. The van der Waals surface area contributed by atoms with Crippen molar-refractivity contribution >= 4 is 11.9 Å². The summed E-state index contributed by atoms with van der Waals surface area (Å²) in [5.41, 5.74) is 0. The van der Waals surface area contributed by atoms with Gasteiger partial charge >= 0.3 is 11.9 Å². The number of esters is 1. The van der Waals surface area contributed by atoms with Gasteiger partial charge in [-0.05, 0) is 57.8 Å². The predicted octanol–water partition coefficient (Wildman–Crippen LogP) is 11.5. The molecule has 230 valence electrons. The number of unbranched alkanes of at least 4 members (excludes halogenated alkanes) is 20. The molecule has 1 atom stereocenters. The Morgan fingerprint density at radius 2 is 0.949 bits per heavy atom. The number of hydrogen-bond acceptors (Lipinski definition) is 3. The van der Waals surface area contributed by atoms with Crippen LogP contribution in [-0.2, 0) is 14.3 Å². The third-order valence-corrected chi connectivity index (χ3v) is 7.74. The van der Waals surface area contributed by atoms with Crippen LogP contribution in [0, 0.1) is 0 Å². The van der Waals surface area contributed by atoms with Gasteiger partial charge in [-0.2, -0.15) is 0 Å². The molecule has 0 radical (unpaired) electrons. The lowest BCUT2D eigenvalue weighted by molar-refractivity contribution is -0.150. The highest BCUT2D eigenvalue weighted by Gasteiger charge is 2.14. The maximum absolute atomic E-state index is 12.5. The molecule has 0 heterocycles. The lowest BCUT2D eigenvalue weighted by Gasteiger charge is -2.18. The van der Waals surface area contributed by atoms with Crippen molar-refractivity contribution in [2.75, 3.05) is 0 Å². The van der Waals surface area contributed by atoms with Crippen molar-refractivity contribution in [1.29, 1.82) is 0 Å². The van der Waals surface area contributed by atoms with Crippen molar-refractivity contribution in [1.82, 2.24) is 0 Å². The largest absolute Gasteiger partial charge is 0.481 e. The average Bonchev–Trinajstić information content (AvgIpc) is 2.91. The molecule has 0 spiro atoms. The summed E-state index contributed by atoms with van der Waals surface area (Å²) in [5, 5.41) is 8.78. The van der Waals surface area contributed by atoms with Crippen molar-refractivity contribution < 1.29 is 19.4 Å². The fourth-order valence-electron chi connectivity index (χ4n) is 5.16. The highest BCUT2D eigenvalue weighted by Crippen LogP contribution is 2.19. The highest BCUT2D eigenvalue weighted by molar-refractivity contribution is 5.69. The maximum atomic E-state index is 12.5. The third-order valence-electron chi connectivity index (χ3n) is 7.74. The Balaban J connectivity index is 4.07. The first kappa shape index (κ1) is 37.7. The Labute approximate surface area is 243 Å². The molecule has 4 heteroatoms. The molecule has 39 heavy (non-hydrogen) atoms. The number of aliphatic carboxylic acids is 1. The van der Waals surface area contributed by atoms with Crippen LogP contribution in [0.1, 0.15) is 194 Å². The molecule has 0 aliphatic heterocycles. The van der Waals surface area contributed by atoms with Gasteiger partial charge in [0.1, 0.15) is 6.10 Å². The van der Waals surface area contributed by atoms with Gasteiger partial charge in [-0.1, -0.05) is 135 Å². The summed E-state index contributed by atoms with van der Waals surface area (Å²) in [7, 11) is 0. The first-order chi connectivity index (χ1) is 19.1. The van der Waals surface area contributed by atoms with Crippen molar-refractivity contribution in [2.24, 2.45) is 0 Å². The van der Waals surface area contributed by atoms with Crippen LogP contribution in [0.25, 0.3) is 0 Å². The molecule has 0 saturated carbocycles. The van der Waals surface area contributed by atoms with Gasteiger partial charge in [0.15, 0.2) is 0 Å². The quantitative estimate of drug-likeness (QED) is 0.0529. The number of carbonyl (C=O) groups is 2. The summed E-state index contributed by atoms with van der Waals surface area (Å²) >= 11 is 0. The van der Waals surface area contributed by atoms with Crippen molar-refractivity contribution in [3.63, 3.8) is 0 Å². The van der Waals surface area contributed by atoms with Gasteiger partial charge in [0, 0.05) is 12.8 Å². The van der Waals surface area contributed by atoms with Crippen LogP contribution in [0.4, 0.5) is 0 Å². The van der Waals surface area contributed by atoms with E-state index in [1.165, 1.54) is 103 Å². The van der Waals surface area contributed by atoms with E-state index >= 15 is 0 Å². The van der Waals surface area contributed by atoms with Gasteiger partial charge in [-0.15, -0.1) is 0 Å². The number of carbonyl (C=O) groups excluding carboxylic acids is 1. The fraction of sp³-hybridized carbons (Fsp3) is 0.886. The van der Waals surface area contributed by atoms with E-state index in [4.69, 9.17) is 9.84 Å². The van der Waals surface area contributed by atoms with E-state index in [1.807, 2.05) is 0 Å². The van der Waals surface area contributed by atoms with E-state index in [9.17, 15) is 9.59 Å². The lowest BCUT2D eigenvalue weighted by Crippen LogP contribution is -2.18. The minimum atomic E-state index is -0.701. The molecule has 0 bridgehead atoms. The minimum absolute atomic E-state index is 0.00704. The summed E-state index contributed by atoms with van der Waals surface area (Å²) in [4.78, 5) is 23.2. The first-order valence-corrected chi connectivity index (χ1v) is 17.2. The normalized spacial score (nSPS) is 12.3. The van der Waals surface area contributed by atoms with E-state index in [1.54, 1.807) is 0 Å². The van der Waals surface area contributed by atoms with Crippen LogP contribution in [0.5, 0.6) is 0 Å². The van der Waals surface area contributed by atoms with Crippen LogP contribution in [0.2, 0.25) is 0 Å². The summed E-state index contributed by atoms with van der Waals surface area (Å²) in [6, 6.07) is 0.